The van der Waals surface area contributed by atoms with E-state index in [1.807, 2.05) is 24.4 Å². The highest BCUT2D eigenvalue weighted by molar-refractivity contribution is 7.10. The van der Waals surface area contributed by atoms with Gasteiger partial charge in [-0.3, -0.25) is 4.79 Å². The van der Waals surface area contributed by atoms with E-state index in [-0.39, 0.29) is 11.9 Å². The van der Waals surface area contributed by atoms with Crippen molar-refractivity contribution in [2.45, 2.75) is 44.2 Å². The first-order valence-corrected chi connectivity index (χ1v) is 6.63. The first-order chi connectivity index (χ1) is 7.62. The van der Waals surface area contributed by atoms with Crippen LogP contribution >= 0.6 is 11.3 Å². The molecule has 1 aromatic rings. The van der Waals surface area contributed by atoms with Gasteiger partial charge >= 0.3 is 0 Å². The third kappa shape index (κ3) is 2.28. The summed E-state index contributed by atoms with van der Waals surface area (Å²) in [4.78, 5) is 13.2. The van der Waals surface area contributed by atoms with E-state index in [1.54, 1.807) is 11.3 Å². The van der Waals surface area contributed by atoms with Crippen molar-refractivity contribution in [3.05, 3.63) is 22.4 Å². The average molecular weight is 238 g/mol. The molecule has 1 heterocycles. The number of carbonyl (C=O) groups is 1. The van der Waals surface area contributed by atoms with Crippen LogP contribution in [-0.2, 0) is 4.79 Å². The van der Waals surface area contributed by atoms with Gasteiger partial charge in [0.15, 0.2) is 0 Å². The number of hydrogen-bond donors (Lipinski definition) is 2. The highest BCUT2D eigenvalue weighted by atomic mass is 32.1. The molecule has 1 aromatic heterocycles. The fraction of sp³-hybridized carbons (Fsp3) is 0.583. The maximum Gasteiger partial charge on any atom is 0.240 e. The molecule has 0 spiro atoms. The first-order valence-electron chi connectivity index (χ1n) is 5.75. The van der Waals surface area contributed by atoms with E-state index < -0.39 is 5.54 Å². The van der Waals surface area contributed by atoms with Crippen molar-refractivity contribution in [2.75, 3.05) is 0 Å². The van der Waals surface area contributed by atoms with Crippen LogP contribution in [0.3, 0.4) is 0 Å². The van der Waals surface area contributed by atoms with Crippen LogP contribution < -0.4 is 11.1 Å². The Morgan fingerprint density at radius 2 is 2.25 bits per heavy atom. The molecule has 0 bridgehead atoms. The topological polar surface area (TPSA) is 55.1 Å². The number of thiophene rings is 1. The molecule has 1 fully saturated rings. The van der Waals surface area contributed by atoms with Gasteiger partial charge in [-0.05, 0) is 31.2 Å². The number of nitrogens with two attached hydrogens (primary N) is 1. The van der Waals surface area contributed by atoms with E-state index in [1.165, 1.54) is 4.88 Å². The van der Waals surface area contributed by atoms with Crippen LogP contribution in [0.4, 0.5) is 0 Å². The lowest BCUT2D eigenvalue weighted by atomic mass is 9.97. The zero-order valence-corrected chi connectivity index (χ0v) is 10.3. The molecule has 0 radical (unpaired) electrons. The van der Waals surface area contributed by atoms with Gasteiger partial charge in [0.1, 0.15) is 0 Å². The van der Waals surface area contributed by atoms with Crippen molar-refractivity contribution in [1.29, 1.82) is 0 Å². The SMILES string of the molecule is CC(NC(=O)C1(N)CCCC1)c1cccs1. The third-order valence-corrected chi connectivity index (χ3v) is 4.32. The summed E-state index contributed by atoms with van der Waals surface area (Å²) in [5.74, 6) is 0.00546. The molecule has 3 nitrogen and oxygen atoms in total. The van der Waals surface area contributed by atoms with Crippen molar-refractivity contribution in [3.63, 3.8) is 0 Å². The monoisotopic (exact) mass is 238 g/mol. The Kier molecular flexibility index (Phi) is 3.30. The summed E-state index contributed by atoms with van der Waals surface area (Å²) in [6.45, 7) is 2.00. The Balaban J connectivity index is 1.97. The minimum Gasteiger partial charge on any atom is -0.347 e. The van der Waals surface area contributed by atoms with Crippen molar-refractivity contribution in [1.82, 2.24) is 5.32 Å². The summed E-state index contributed by atoms with van der Waals surface area (Å²) in [5, 5.41) is 5.03. The van der Waals surface area contributed by atoms with Gasteiger partial charge in [0.25, 0.3) is 0 Å². The second-order valence-electron chi connectivity index (χ2n) is 4.57. The molecule has 4 heteroatoms. The van der Waals surface area contributed by atoms with Crippen molar-refractivity contribution >= 4 is 17.2 Å². The Labute approximate surface area is 100 Å². The summed E-state index contributed by atoms with van der Waals surface area (Å²) in [7, 11) is 0. The zero-order valence-electron chi connectivity index (χ0n) is 9.53. The lowest BCUT2D eigenvalue weighted by Crippen LogP contribution is -2.52. The predicted octanol–water partition coefficient (Wildman–Crippen LogP) is 2.20. The molecule has 0 aromatic carbocycles. The molecule has 1 atom stereocenters. The Bertz CT molecular complexity index is 355. The number of carbonyl (C=O) groups excluding carboxylic acids is 1. The Morgan fingerprint density at radius 1 is 1.56 bits per heavy atom. The van der Waals surface area contributed by atoms with Crippen LogP contribution in [0.5, 0.6) is 0 Å². The standard InChI is InChI=1S/C12H18N2OS/c1-9(10-5-4-8-16-10)14-11(15)12(13)6-2-3-7-12/h4-5,8-9H,2-3,6-7,13H2,1H3,(H,14,15). The fourth-order valence-electron chi connectivity index (χ4n) is 2.18. The second-order valence-corrected chi connectivity index (χ2v) is 5.55. The van der Waals surface area contributed by atoms with Gasteiger partial charge in [-0.1, -0.05) is 18.9 Å². The summed E-state index contributed by atoms with van der Waals surface area (Å²) in [6.07, 6.45) is 3.76. The van der Waals surface area contributed by atoms with Gasteiger partial charge in [0.2, 0.25) is 5.91 Å². The summed E-state index contributed by atoms with van der Waals surface area (Å²) in [5.41, 5.74) is 5.48. The Hall–Kier alpha value is -0.870. The molecule has 1 aliphatic rings. The average Bonchev–Trinajstić information content (AvgIpc) is 2.88. The Morgan fingerprint density at radius 3 is 2.81 bits per heavy atom. The van der Waals surface area contributed by atoms with Crippen molar-refractivity contribution < 1.29 is 4.79 Å². The molecule has 1 aliphatic carbocycles. The van der Waals surface area contributed by atoms with Gasteiger partial charge in [-0.2, -0.15) is 0 Å². The lowest BCUT2D eigenvalue weighted by Gasteiger charge is -2.24. The minimum absolute atomic E-state index is 0.00546. The third-order valence-electron chi connectivity index (χ3n) is 3.27. The maximum atomic E-state index is 12.0. The van der Waals surface area contributed by atoms with Gasteiger partial charge < -0.3 is 11.1 Å². The van der Waals surface area contributed by atoms with Crippen LogP contribution in [0.2, 0.25) is 0 Å². The van der Waals surface area contributed by atoms with Gasteiger partial charge in [-0.25, -0.2) is 0 Å². The molecule has 0 saturated heterocycles. The number of rotatable bonds is 3. The molecular formula is C12H18N2OS. The van der Waals surface area contributed by atoms with E-state index in [2.05, 4.69) is 5.32 Å². The predicted molar refractivity (Wildman–Crippen MR) is 66.3 cm³/mol. The minimum atomic E-state index is -0.620. The molecule has 16 heavy (non-hydrogen) atoms. The van der Waals surface area contributed by atoms with Crippen LogP contribution in [0, 0.1) is 0 Å². The quantitative estimate of drug-likeness (QED) is 0.848. The smallest absolute Gasteiger partial charge is 0.240 e. The van der Waals surface area contributed by atoms with E-state index in [0.29, 0.717) is 0 Å². The molecule has 1 saturated carbocycles. The molecule has 88 valence electrons. The highest BCUT2D eigenvalue weighted by Crippen LogP contribution is 2.28. The molecule has 1 unspecified atom stereocenters. The number of hydrogen-bond acceptors (Lipinski definition) is 3. The highest BCUT2D eigenvalue weighted by Gasteiger charge is 2.37. The molecule has 1 amide bonds. The van der Waals surface area contributed by atoms with E-state index in [4.69, 9.17) is 5.73 Å². The van der Waals surface area contributed by atoms with E-state index in [0.717, 1.165) is 25.7 Å². The molecular weight excluding hydrogens is 220 g/mol. The first kappa shape index (κ1) is 11.6. The van der Waals surface area contributed by atoms with Gasteiger partial charge in [-0.15, -0.1) is 11.3 Å². The van der Waals surface area contributed by atoms with Crippen LogP contribution in [0.15, 0.2) is 17.5 Å². The summed E-state index contributed by atoms with van der Waals surface area (Å²) >= 11 is 1.66. The van der Waals surface area contributed by atoms with Crippen molar-refractivity contribution in [2.24, 2.45) is 5.73 Å². The van der Waals surface area contributed by atoms with E-state index in [9.17, 15) is 4.79 Å². The molecule has 0 aliphatic heterocycles. The van der Waals surface area contributed by atoms with Crippen LogP contribution in [0.25, 0.3) is 0 Å². The lowest BCUT2D eigenvalue weighted by molar-refractivity contribution is -0.126. The van der Waals surface area contributed by atoms with E-state index >= 15 is 0 Å². The van der Waals surface area contributed by atoms with Gasteiger partial charge in [0.05, 0.1) is 11.6 Å². The van der Waals surface area contributed by atoms with Crippen LogP contribution in [0.1, 0.15) is 43.5 Å². The molecule has 2 rings (SSSR count). The second kappa shape index (κ2) is 4.55. The normalized spacial score (nSPS) is 20.6. The molecule has 3 N–H and O–H groups in total. The number of amides is 1. The maximum absolute atomic E-state index is 12.0. The summed E-state index contributed by atoms with van der Waals surface area (Å²) in [6, 6.07) is 4.10. The summed E-state index contributed by atoms with van der Waals surface area (Å²) < 4.78 is 0. The largest absolute Gasteiger partial charge is 0.347 e. The number of nitrogens with one attached hydrogen (secondary N) is 1. The zero-order chi connectivity index (χ0) is 11.6. The van der Waals surface area contributed by atoms with Gasteiger partial charge in [0, 0.05) is 4.88 Å². The van der Waals surface area contributed by atoms with Crippen molar-refractivity contribution in [3.8, 4) is 0 Å². The fourth-order valence-corrected chi connectivity index (χ4v) is 2.92. The van der Waals surface area contributed by atoms with Crippen LogP contribution in [-0.4, -0.2) is 11.4 Å².